The molecule has 1 N–H and O–H groups in total. The third-order valence-electron chi connectivity index (χ3n) is 4.23. The van der Waals surface area contributed by atoms with Crippen LogP contribution in [-0.2, 0) is 17.6 Å². The number of carbonyl (C=O) groups is 1. The van der Waals surface area contributed by atoms with E-state index in [9.17, 15) is 4.79 Å². The molecule has 0 saturated carbocycles. The van der Waals surface area contributed by atoms with E-state index in [1.165, 1.54) is 5.56 Å². The minimum absolute atomic E-state index is 0.216. The van der Waals surface area contributed by atoms with Crippen LogP contribution >= 0.6 is 23.2 Å². The van der Waals surface area contributed by atoms with Crippen molar-refractivity contribution in [2.24, 2.45) is 0 Å². The molecule has 0 atom stereocenters. The summed E-state index contributed by atoms with van der Waals surface area (Å²) in [6.07, 6.45) is 3.37. The largest absolute Gasteiger partial charge is 0.481 e. The lowest BCUT2D eigenvalue weighted by molar-refractivity contribution is -0.137. The van der Waals surface area contributed by atoms with Gasteiger partial charge in [0.2, 0.25) is 0 Å². The predicted octanol–water partition coefficient (Wildman–Crippen LogP) is 5.09. The highest BCUT2D eigenvalue weighted by Crippen LogP contribution is 2.27. The molecule has 0 fully saturated rings. The van der Waals surface area contributed by atoms with Crippen LogP contribution in [0.2, 0.25) is 10.2 Å². The van der Waals surface area contributed by atoms with Crippen LogP contribution in [0.1, 0.15) is 37.6 Å². The third kappa shape index (κ3) is 4.00. The van der Waals surface area contributed by atoms with Gasteiger partial charge in [0.1, 0.15) is 16.5 Å². The minimum Gasteiger partial charge on any atom is -0.481 e. The molecule has 0 radical (unpaired) electrons. The van der Waals surface area contributed by atoms with Crippen LogP contribution < -0.4 is 0 Å². The monoisotopic (exact) mass is 391 g/mol. The SMILES string of the molecule is CCc1nc2cc(Cl)c(Cl)nc2n1-c1ccc(CCCCC(=O)O)cc1. The molecule has 0 aliphatic rings. The molecule has 0 aliphatic carbocycles. The smallest absolute Gasteiger partial charge is 0.303 e. The van der Waals surface area contributed by atoms with E-state index in [0.717, 1.165) is 30.8 Å². The van der Waals surface area contributed by atoms with E-state index in [-0.39, 0.29) is 11.6 Å². The number of rotatable bonds is 7. The van der Waals surface area contributed by atoms with Gasteiger partial charge in [-0.25, -0.2) is 9.97 Å². The fourth-order valence-corrected chi connectivity index (χ4v) is 3.21. The number of halogens is 2. The molecule has 2 heterocycles. The molecular formula is C19H19Cl2N3O2. The minimum atomic E-state index is -0.745. The molecule has 0 saturated heterocycles. The fourth-order valence-electron chi connectivity index (χ4n) is 2.93. The lowest BCUT2D eigenvalue weighted by atomic mass is 10.1. The number of carboxylic acids is 1. The zero-order valence-electron chi connectivity index (χ0n) is 14.4. The number of hydrogen-bond donors (Lipinski definition) is 1. The molecule has 0 spiro atoms. The number of pyridine rings is 1. The molecule has 3 rings (SSSR count). The Balaban J connectivity index is 1.87. The van der Waals surface area contributed by atoms with Crippen molar-refractivity contribution in [3.8, 4) is 5.69 Å². The van der Waals surface area contributed by atoms with E-state index in [1.54, 1.807) is 6.07 Å². The average molecular weight is 392 g/mol. The Labute approximate surface area is 161 Å². The lowest BCUT2D eigenvalue weighted by Gasteiger charge is -2.09. The van der Waals surface area contributed by atoms with Gasteiger partial charge in [0.05, 0.1) is 5.02 Å². The zero-order valence-corrected chi connectivity index (χ0v) is 15.9. The van der Waals surface area contributed by atoms with Gasteiger partial charge in [-0.1, -0.05) is 42.3 Å². The average Bonchev–Trinajstić information content (AvgIpc) is 2.97. The molecule has 7 heteroatoms. The summed E-state index contributed by atoms with van der Waals surface area (Å²) in [5, 5.41) is 9.35. The van der Waals surface area contributed by atoms with Gasteiger partial charge in [0.15, 0.2) is 5.65 Å². The second-order valence-corrected chi connectivity index (χ2v) is 6.85. The fraction of sp³-hybridized carbons (Fsp3) is 0.316. The summed E-state index contributed by atoms with van der Waals surface area (Å²) in [7, 11) is 0. The number of fused-ring (bicyclic) bond motifs is 1. The number of aryl methyl sites for hydroxylation is 2. The number of benzene rings is 1. The number of carboxylic acid groups (broad SMARTS) is 1. The zero-order chi connectivity index (χ0) is 18.7. The van der Waals surface area contributed by atoms with E-state index in [2.05, 4.69) is 22.1 Å². The number of aromatic nitrogens is 3. The van der Waals surface area contributed by atoms with Crippen LogP contribution in [0.4, 0.5) is 0 Å². The standard InChI is InChI=1S/C19H19Cl2N3O2/c1-2-16-22-15-11-14(20)18(21)23-19(15)24(16)13-9-7-12(8-10-13)5-3-4-6-17(25)26/h7-11H,2-6H2,1H3,(H,25,26). The summed E-state index contributed by atoms with van der Waals surface area (Å²) in [5.74, 6) is 0.144. The Morgan fingerprint density at radius 3 is 2.54 bits per heavy atom. The van der Waals surface area contributed by atoms with Crippen LogP contribution in [0.15, 0.2) is 30.3 Å². The number of imidazole rings is 1. The molecule has 0 amide bonds. The Morgan fingerprint density at radius 2 is 1.88 bits per heavy atom. The van der Waals surface area contributed by atoms with Crippen LogP contribution in [0.25, 0.3) is 16.9 Å². The van der Waals surface area contributed by atoms with Gasteiger partial charge in [0, 0.05) is 18.5 Å². The second kappa shape index (κ2) is 8.06. The van der Waals surface area contributed by atoms with Gasteiger partial charge >= 0.3 is 5.97 Å². The molecular weight excluding hydrogens is 373 g/mol. The normalized spacial score (nSPS) is 11.2. The third-order valence-corrected chi connectivity index (χ3v) is 4.90. The first-order valence-corrected chi connectivity index (χ1v) is 9.29. The van der Waals surface area contributed by atoms with Gasteiger partial charge in [-0.15, -0.1) is 0 Å². The Bertz CT molecular complexity index is 936. The van der Waals surface area contributed by atoms with Gasteiger partial charge in [-0.3, -0.25) is 9.36 Å². The highest BCUT2D eigenvalue weighted by molar-refractivity contribution is 6.41. The summed E-state index contributed by atoms with van der Waals surface area (Å²) >= 11 is 12.2. The molecule has 3 aromatic rings. The summed E-state index contributed by atoms with van der Waals surface area (Å²) < 4.78 is 1.99. The van der Waals surface area contributed by atoms with E-state index < -0.39 is 5.97 Å². The lowest BCUT2D eigenvalue weighted by Crippen LogP contribution is -2.01. The molecule has 1 aromatic carbocycles. The molecule has 0 aliphatic heterocycles. The van der Waals surface area contributed by atoms with Crippen LogP contribution in [-0.4, -0.2) is 25.6 Å². The molecule has 0 unspecified atom stereocenters. The Hall–Kier alpha value is -2.11. The molecule has 26 heavy (non-hydrogen) atoms. The Morgan fingerprint density at radius 1 is 1.15 bits per heavy atom. The Kier molecular flexibility index (Phi) is 5.79. The topological polar surface area (TPSA) is 68.0 Å². The maximum atomic E-state index is 10.6. The van der Waals surface area contributed by atoms with Crippen LogP contribution in [0.3, 0.4) is 0 Å². The van der Waals surface area contributed by atoms with Crippen molar-refractivity contribution in [3.05, 3.63) is 51.9 Å². The second-order valence-electron chi connectivity index (χ2n) is 6.09. The number of hydrogen-bond acceptors (Lipinski definition) is 3. The summed E-state index contributed by atoms with van der Waals surface area (Å²) in [6, 6.07) is 9.89. The molecule has 0 bridgehead atoms. The van der Waals surface area contributed by atoms with Crippen molar-refractivity contribution < 1.29 is 9.90 Å². The number of nitrogens with zero attached hydrogens (tertiary/aromatic N) is 3. The first-order valence-electron chi connectivity index (χ1n) is 8.54. The van der Waals surface area contributed by atoms with E-state index in [0.29, 0.717) is 22.6 Å². The molecule has 5 nitrogen and oxygen atoms in total. The van der Waals surface area contributed by atoms with Crippen molar-refractivity contribution in [2.75, 3.05) is 0 Å². The maximum Gasteiger partial charge on any atom is 0.303 e. The van der Waals surface area contributed by atoms with Crippen molar-refractivity contribution in [2.45, 2.75) is 39.0 Å². The molecule has 2 aromatic heterocycles. The van der Waals surface area contributed by atoms with Crippen molar-refractivity contribution >= 4 is 40.3 Å². The molecule has 136 valence electrons. The van der Waals surface area contributed by atoms with Gasteiger partial charge in [0.25, 0.3) is 0 Å². The maximum absolute atomic E-state index is 10.6. The van der Waals surface area contributed by atoms with Gasteiger partial charge in [-0.05, 0) is 43.0 Å². The van der Waals surface area contributed by atoms with E-state index in [4.69, 9.17) is 28.3 Å². The van der Waals surface area contributed by atoms with E-state index in [1.807, 2.05) is 23.6 Å². The van der Waals surface area contributed by atoms with Gasteiger partial charge < -0.3 is 5.11 Å². The number of aliphatic carboxylic acids is 1. The first-order chi connectivity index (χ1) is 12.5. The highest BCUT2D eigenvalue weighted by Gasteiger charge is 2.15. The summed E-state index contributed by atoms with van der Waals surface area (Å²) in [5.41, 5.74) is 3.54. The summed E-state index contributed by atoms with van der Waals surface area (Å²) in [4.78, 5) is 19.6. The first kappa shape index (κ1) is 18.7. The van der Waals surface area contributed by atoms with Crippen molar-refractivity contribution in [1.29, 1.82) is 0 Å². The van der Waals surface area contributed by atoms with Gasteiger partial charge in [-0.2, -0.15) is 0 Å². The predicted molar refractivity (Wildman–Crippen MR) is 103 cm³/mol. The van der Waals surface area contributed by atoms with Crippen molar-refractivity contribution in [3.63, 3.8) is 0 Å². The quantitative estimate of drug-likeness (QED) is 0.449. The summed E-state index contributed by atoms with van der Waals surface area (Å²) in [6.45, 7) is 2.04. The highest BCUT2D eigenvalue weighted by atomic mass is 35.5. The van der Waals surface area contributed by atoms with E-state index >= 15 is 0 Å². The van der Waals surface area contributed by atoms with Crippen molar-refractivity contribution in [1.82, 2.24) is 14.5 Å². The van der Waals surface area contributed by atoms with Crippen LogP contribution in [0, 0.1) is 0 Å². The number of unbranched alkanes of at least 4 members (excludes halogenated alkanes) is 1. The van der Waals surface area contributed by atoms with Crippen LogP contribution in [0.5, 0.6) is 0 Å².